The van der Waals surface area contributed by atoms with Crippen molar-refractivity contribution in [1.82, 2.24) is 4.57 Å². The van der Waals surface area contributed by atoms with E-state index in [-0.39, 0.29) is 24.6 Å². The molecule has 222 valence electrons. The lowest BCUT2D eigenvalue weighted by Crippen LogP contribution is -2.39. The molecule has 2 heterocycles. The zero-order chi connectivity index (χ0) is 30.7. The van der Waals surface area contributed by atoms with E-state index in [9.17, 15) is 14.0 Å². The number of carbonyl (C=O) groups excluding carboxylic acids is 1. The Hall–Kier alpha value is -4.02. The molecule has 4 aromatic rings. The van der Waals surface area contributed by atoms with Gasteiger partial charge in [-0.2, -0.15) is 0 Å². The van der Waals surface area contributed by atoms with Crippen molar-refractivity contribution >= 4 is 39.3 Å². The Morgan fingerprint density at radius 3 is 2.44 bits per heavy atom. The van der Waals surface area contributed by atoms with Gasteiger partial charge in [0.1, 0.15) is 12.4 Å². The first-order chi connectivity index (χ1) is 20.7. The summed E-state index contributed by atoms with van der Waals surface area (Å²) < 4.78 is 33.3. The summed E-state index contributed by atoms with van der Waals surface area (Å²) in [5.74, 6) is 0.187. The SMILES string of the molecule is CCOC(=O)C1=C(C)N=c2s/c(=C/c3cc(Br)c(OCc4ccc(F)cc4)c(OCC)c3)c(=O)n2[C@H]1c1ccc(C)cc1. The van der Waals surface area contributed by atoms with Gasteiger partial charge in [0, 0.05) is 0 Å². The van der Waals surface area contributed by atoms with E-state index in [2.05, 4.69) is 20.9 Å². The first-order valence-corrected chi connectivity index (χ1v) is 15.4. The number of esters is 1. The molecule has 0 saturated heterocycles. The fourth-order valence-electron chi connectivity index (χ4n) is 4.82. The number of ether oxygens (including phenoxy) is 3. The second-order valence-corrected chi connectivity index (χ2v) is 11.8. The predicted molar refractivity (Wildman–Crippen MR) is 168 cm³/mol. The number of allylic oxidation sites excluding steroid dienone is 1. The van der Waals surface area contributed by atoms with E-state index >= 15 is 0 Å². The molecule has 43 heavy (non-hydrogen) atoms. The molecule has 0 unspecified atom stereocenters. The van der Waals surface area contributed by atoms with E-state index in [1.54, 1.807) is 42.7 Å². The van der Waals surface area contributed by atoms with Crippen LogP contribution >= 0.6 is 27.3 Å². The number of aryl methyl sites for hydroxylation is 1. The predicted octanol–water partition coefficient (Wildman–Crippen LogP) is 5.99. The van der Waals surface area contributed by atoms with Gasteiger partial charge in [-0.05, 0) is 90.7 Å². The Bertz CT molecular complexity index is 1880. The van der Waals surface area contributed by atoms with Gasteiger partial charge >= 0.3 is 5.97 Å². The smallest absolute Gasteiger partial charge is 0.338 e. The number of nitrogens with zero attached hydrogens (tertiary/aromatic N) is 2. The van der Waals surface area contributed by atoms with E-state index < -0.39 is 12.0 Å². The molecule has 1 aliphatic rings. The minimum absolute atomic E-state index is 0.210. The molecule has 0 saturated carbocycles. The molecular weight excluding hydrogens is 635 g/mol. The fourth-order valence-corrected chi connectivity index (χ4v) is 6.44. The molecule has 7 nitrogen and oxygen atoms in total. The number of hydrogen-bond donors (Lipinski definition) is 0. The monoisotopic (exact) mass is 664 g/mol. The minimum atomic E-state index is -0.675. The Labute approximate surface area is 260 Å². The number of benzene rings is 3. The average Bonchev–Trinajstić information content (AvgIpc) is 3.27. The summed E-state index contributed by atoms with van der Waals surface area (Å²) in [5.41, 5.74) is 3.96. The second kappa shape index (κ2) is 13.1. The summed E-state index contributed by atoms with van der Waals surface area (Å²) in [7, 11) is 0. The lowest BCUT2D eigenvalue weighted by Gasteiger charge is -2.24. The third-order valence-electron chi connectivity index (χ3n) is 6.84. The molecule has 1 aromatic heterocycles. The highest BCUT2D eigenvalue weighted by molar-refractivity contribution is 9.10. The van der Waals surface area contributed by atoms with E-state index in [0.29, 0.717) is 48.7 Å². The van der Waals surface area contributed by atoms with Crippen molar-refractivity contribution in [3.63, 3.8) is 0 Å². The van der Waals surface area contributed by atoms with Crippen LogP contribution in [0.1, 0.15) is 49.1 Å². The zero-order valence-electron chi connectivity index (χ0n) is 24.1. The number of aromatic nitrogens is 1. The molecule has 0 N–H and O–H groups in total. The number of fused-ring (bicyclic) bond motifs is 1. The second-order valence-electron chi connectivity index (χ2n) is 9.89. The minimum Gasteiger partial charge on any atom is -0.490 e. The summed E-state index contributed by atoms with van der Waals surface area (Å²) in [4.78, 5) is 32.2. The Balaban J connectivity index is 1.58. The van der Waals surface area contributed by atoms with E-state index in [1.807, 2.05) is 44.2 Å². The van der Waals surface area contributed by atoms with Crippen molar-refractivity contribution < 1.29 is 23.4 Å². The molecule has 0 spiro atoms. The number of hydrogen-bond acceptors (Lipinski definition) is 7. The van der Waals surface area contributed by atoms with Gasteiger partial charge in [0.15, 0.2) is 16.3 Å². The molecule has 3 aromatic carbocycles. The van der Waals surface area contributed by atoms with Crippen LogP contribution in [0.2, 0.25) is 0 Å². The van der Waals surface area contributed by atoms with E-state index in [4.69, 9.17) is 14.2 Å². The van der Waals surface area contributed by atoms with Crippen molar-refractivity contribution in [3.8, 4) is 11.5 Å². The quantitative estimate of drug-likeness (QED) is 0.206. The maximum Gasteiger partial charge on any atom is 0.338 e. The molecule has 0 fully saturated rings. The highest BCUT2D eigenvalue weighted by atomic mass is 79.9. The van der Waals surface area contributed by atoms with Gasteiger partial charge in [-0.1, -0.05) is 53.3 Å². The molecule has 1 atom stereocenters. The van der Waals surface area contributed by atoms with Gasteiger partial charge < -0.3 is 14.2 Å². The van der Waals surface area contributed by atoms with Crippen LogP contribution in [0.5, 0.6) is 11.5 Å². The largest absolute Gasteiger partial charge is 0.490 e. The molecule has 0 aliphatic carbocycles. The average molecular weight is 666 g/mol. The van der Waals surface area contributed by atoms with Crippen molar-refractivity contribution in [2.45, 2.75) is 40.3 Å². The number of thiazole rings is 1. The third-order valence-corrected chi connectivity index (χ3v) is 8.41. The molecule has 0 radical (unpaired) electrons. The normalized spacial score (nSPS) is 14.7. The first kappa shape index (κ1) is 30.4. The lowest BCUT2D eigenvalue weighted by atomic mass is 9.95. The lowest BCUT2D eigenvalue weighted by molar-refractivity contribution is -0.139. The first-order valence-electron chi connectivity index (χ1n) is 13.8. The number of carbonyl (C=O) groups is 1. The fraction of sp³-hybridized carbons (Fsp3) is 0.242. The van der Waals surface area contributed by atoms with Crippen LogP contribution in [-0.2, 0) is 16.1 Å². The van der Waals surface area contributed by atoms with Crippen LogP contribution in [0, 0.1) is 12.7 Å². The molecule has 10 heteroatoms. The van der Waals surface area contributed by atoms with Crippen molar-refractivity contribution in [1.29, 1.82) is 0 Å². The van der Waals surface area contributed by atoms with Gasteiger partial charge in [-0.15, -0.1) is 0 Å². The summed E-state index contributed by atoms with van der Waals surface area (Å²) in [5, 5.41) is 0. The van der Waals surface area contributed by atoms with Gasteiger partial charge in [-0.3, -0.25) is 9.36 Å². The van der Waals surface area contributed by atoms with Crippen LogP contribution in [0.3, 0.4) is 0 Å². The highest BCUT2D eigenvalue weighted by Crippen LogP contribution is 2.38. The summed E-state index contributed by atoms with van der Waals surface area (Å²) in [6.45, 7) is 8.20. The van der Waals surface area contributed by atoms with Crippen LogP contribution < -0.4 is 24.4 Å². The molecule has 5 rings (SSSR count). The van der Waals surface area contributed by atoms with Crippen molar-refractivity contribution in [2.75, 3.05) is 13.2 Å². The summed E-state index contributed by atoms with van der Waals surface area (Å²) >= 11 is 4.84. The Morgan fingerprint density at radius 2 is 1.77 bits per heavy atom. The number of halogens is 2. The zero-order valence-corrected chi connectivity index (χ0v) is 26.6. The van der Waals surface area contributed by atoms with Crippen LogP contribution in [0.15, 0.2) is 86.2 Å². The third kappa shape index (κ3) is 6.50. The van der Waals surface area contributed by atoms with Gasteiger partial charge in [0.05, 0.1) is 39.5 Å². The molecule has 0 amide bonds. The molecular formula is C33H30BrFN2O5S. The maximum atomic E-state index is 14.0. The number of rotatable bonds is 9. The van der Waals surface area contributed by atoms with Gasteiger partial charge in [0.2, 0.25) is 0 Å². The van der Waals surface area contributed by atoms with Crippen molar-refractivity contribution in [3.05, 3.63) is 124 Å². The van der Waals surface area contributed by atoms with E-state index in [0.717, 1.165) is 16.7 Å². The van der Waals surface area contributed by atoms with Crippen LogP contribution in [0.4, 0.5) is 4.39 Å². The Kier molecular flexibility index (Phi) is 9.27. The van der Waals surface area contributed by atoms with Crippen molar-refractivity contribution in [2.24, 2.45) is 4.99 Å². The molecule has 0 bridgehead atoms. The summed E-state index contributed by atoms with van der Waals surface area (Å²) in [6.07, 6.45) is 1.77. The van der Waals surface area contributed by atoms with Crippen LogP contribution in [0.25, 0.3) is 6.08 Å². The maximum absolute atomic E-state index is 14.0. The summed E-state index contributed by atoms with van der Waals surface area (Å²) in [6, 6.07) is 16.8. The van der Waals surface area contributed by atoms with Gasteiger partial charge in [0.25, 0.3) is 5.56 Å². The van der Waals surface area contributed by atoms with Crippen LogP contribution in [-0.4, -0.2) is 23.8 Å². The highest BCUT2D eigenvalue weighted by Gasteiger charge is 2.33. The van der Waals surface area contributed by atoms with E-state index in [1.165, 1.54) is 23.5 Å². The molecule has 1 aliphatic heterocycles. The van der Waals surface area contributed by atoms with Gasteiger partial charge in [-0.25, -0.2) is 14.2 Å². The Morgan fingerprint density at radius 1 is 1.05 bits per heavy atom. The standard InChI is InChI=1S/C33H30BrFN2O5S/c1-5-40-26-16-22(15-25(34)30(26)42-18-21-9-13-24(35)14-10-21)17-27-31(38)37-29(23-11-7-19(3)8-12-23)28(32(39)41-6-2)20(4)36-33(37)43-27/h7-17,29H,5-6,18H2,1-4H3/b27-17+/t29-/m0/s1. The topological polar surface area (TPSA) is 79.1 Å².